The van der Waals surface area contributed by atoms with Gasteiger partial charge < -0.3 is 0 Å². The molecule has 0 spiro atoms. The number of hydrogen-bond donors (Lipinski definition) is 0. The molecule has 0 aliphatic rings. The molecule has 0 radical (unpaired) electrons. The van der Waals surface area contributed by atoms with E-state index in [0.717, 1.165) is 0 Å². The van der Waals surface area contributed by atoms with E-state index in [0.29, 0.717) is 0 Å². The summed E-state index contributed by atoms with van der Waals surface area (Å²) in [5.41, 5.74) is 0. The van der Waals surface area contributed by atoms with Crippen LogP contribution in [0.1, 0.15) is 12.8 Å². The van der Waals surface area contributed by atoms with Crippen LogP contribution in [0.2, 0.25) is 0 Å². The Kier molecular flexibility index (Phi) is 4.82. The molecule has 80 valence electrons. The Hall–Kier alpha value is 1.24. The lowest BCUT2D eigenvalue weighted by atomic mass is 10.2. The Morgan fingerprint density at radius 3 is 1.38 bits per heavy atom. The molecule has 0 aromatic rings. The van der Waals surface area contributed by atoms with Crippen LogP contribution in [0, 0.1) is 0 Å². The average Bonchev–Trinajstić information content (AvgIpc) is 1.79. The second-order valence-corrected chi connectivity index (χ2v) is 6.08. The smallest absolute Gasteiger partial charge is 0.171 e. The third-order valence-corrected chi connectivity index (χ3v) is 3.63. The van der Waals surface area contributed by atoms with Gasteiger partial charge in [0.1, 0.15) is 0 Å². The molecule has 0 nitrogen and oxygen atoms in total. The minimum Gasteiger partial charge on any atom is -0.171 e. The first-order valence-electron chi connectivity index (χ1n) is 2.97. The summed E-state index contributed by atoms with van der Waals surface area (Å²) in [6, 6.07) is 0. The number of rotatable bonds is 2. The van der Waals surface area contributed by atoms with Gasteiger partial charge in [-0.15, -0.1) is 0 Å². The van der Waals surface area contributed by atoms with Gasteiger partial charge in [-0.1, -0.05) is 58.0 Å². The quantitative estimate of drug-likeness (QED) is 0.638. The lowest BCUT2D eigenvalue weighted by molar-refractivity contribution is -0.135. The van der Waals surface area contributed by atoms with E-state index in [9.17, 15) is 13.2 Å². The SMILES string of the molecule is FC(F)(F)CCC(Cl)(Cl)C(Cl)(Cl)Cl. The average molecular weight is 298 g/mol. The molecular formula is C5H4Cl5F3. The summed E-state index contributed by atoms with van der Waals surface area (Å²) in [6.45, 7) is 0. The third-order valence-electron chi connectivity index (χ3n) is 1.14. The molecule has 0 aliphatic carbocycles. The molecular weight excluding hydrogens is 294 g/mol. The van der Waals surface area contributed by atoms with Crippen LogP contribution >= 0.6 is 58.0 Å². The van der Waals surface area contributed by atoms with Gasteiger partial charge >= 0.3 is 6.18 Å². The number of halogens is 8. The predicted molar refractivity (Wildman–Crippen MR) is 50.0 cm³/mol. The van der Waals surface area contributed by atoms with Crippen molar-refractivity contribution in [3.63, 3.8) is 0 Å². The topological polar surface area (TPSA) is 0 Å². The van der Waals surface area contributed by atoms with Gasteiger partial charge in [0.2, 0.25) is 3.79 Å². The molecule has 0 saturated heterocycles. The summed E-state index contributed by atoms with van der Waals surface area (Å²) in [5.74, 6) is 0. The Morgan fingerprint density at radius 1 is 0.769 bits per heavy atom. The maximum absolute atomic E-state index is 11.7. The van der Waals surface area contributed by atoms with E-state index in [2.05, 4.69) is 0 Å². The minimum absolute atomic E-state index is 0.671. The molecule has 0 atom stereocenters. The lowest BCUT2D eigenvalue weighted by Crippen LogP contribution is -2.32. The molecule has 0 aromatic heterocycles. The minimum atomic E-state index is -4.37. The Labute approximate surface area is 98.2 Å². The summed E-state index contributed by atoms with van der Waals surface area (Å²) in [4.78, 5) is 0. The van der Waals surface area contributed by atoms with Gasteiger partial charge in [0.25, 0.3) is 0 Å². The molecule has 0 fully saturated rings. The Bertz CT molecular complexity index is 170. The molecule has 8 heteroatoms. The number of hydrogen-bond acceptors (Lipinski definition) is 0. The van der Waals surface area contributed by atoms with Crippen LogP contribution in [-0.4, -0.2) is 14.3 Å². The molecule has 0 aromatic carbocycles. The van der Waals surface area contributed by atoms with Crippen LogP contribution < -0.4 is 0 Å². The molecule has 0 amide bonds. The first-order chi connectivity index (χ1) is 5.46. The molecule has 0 bridgehead atoms. The molecule has 13 heavy (non-hydrogen) atoms. The molecule has 0 rings (SSSR count). The van der Waals surface area contributed by atoms with Gasteiger partial charge in [-0.3, -0.25) is 0 Å². The highest BCUT2D eigenvalue weighted by molar-refractivity contribution is 6.75. The zero-order chi connectivity index (χ0) is 10.9. The molecule has 0 saturated carbocycles. The maximum Gasteiger partial charge on any atom is 0.389 e. The standard InChI is InChI=1S/C5H4Cl5F3/c6-3(7,5(8,9)10)1-2-4(11,12)13/h1-2H2. The van der Waals surface area contributed by atoms with Crippen molar-refractivity contribution in [3.8, 4) is 0 Å². The van der Waals surface area contributed by atoms with Crippen LogP contribution in [0.3, 0.4) is 0 Å². The van der Waals surface area contributed by atoms with E-state index >= 15 is 0 Å². The summed E-state index contributed by atoms with van der Waals surface area (Å²) in [7, 11) is 0. The molecule has 0 aliphatic heterocycles. The molecule has 0 unspecified atom stereocenters. The van der Waals surface area contributed by atoms with Gasteiger partial charge in [0.15, 0.2) is 4.33 Å². The van der Waals surface area contributed by atoms with Gasteiger partial charge in [-0.05, 0) is 6.42 Å². The van der Waals surface area contributed by atoms with E-state index in [-0.39, 0.29) is 0 Å². The van der Waals surface area contributed by atoms with Gasteiger partial charge in [-0.25, -0.2) is 0 Å². The van der Waals surface area contributed by atoms with Crippen molar-refractivity contribution in [2.45, 2.75) is 27.1 Å². The van der Waals surface area contributed by atoms with Crippen LogP contribution in [0.5, 0.6) is 0 Å². The summed E-state index contributed by atoms with van der Waals surface area (Å²) < 4.78 is 31.0. The zero-order valence-electron chi connectivity index (χ0n) is 5.94. The van der Waals surface area contributed by atoms with Crippen molar-refractivity contribution < 1.29 is 13.2 Å². The van der Waals surface area contributed by atoms with Crippen molar-refractivity contribution in [1.29, 1.82) is 0 Å². The second kappa shape index (κ2) is 4.40. The Balaban J connectivity index is 4.21. The van der Waals surface area contributed by atoms with Crippen LogP contribution in [0.15, 0.2) is 0 Å². The van der Waals surface area contributed by atoms with E-state index in [1.54, 1.807) is 0 Å². The van der Waals surface area contributed by atoms with E-state index < -0.39 is 27.1 Å². The van der Waals surface area contributed by atoms with Gasteiger partial charge in [-0.2, -0.15) is 13.2 Å². The third kappa shape index (κ3) is 5.63. The second-order valence-electron chi connectivity index (χ2n) is 2.32. The highest BCUT2D eigenvalue weighted by atomic mass is 35.6. The molecule has 0 heterocycles. The highest BCUT2D eigenvalue weighted by Crippen LogP contribution is 2.49. The maximum atomic E-state index is 11.7. The predicted octanol–water partition coefficient (Wildman–Crippen LogP) is 4.87. The van der Waals surface area contributed by atoms with E-state index in [1.807, 2.05) is 0 Å². The van der Waals surface area contributed by atoms with Crippen molar-refractivity contribution in [2.75, 3.05) is 0 Å². The highest BCUT2D eigenvalue weighted by Gasteiger charge is 2.47. The van der Waals surface area contributed by atoms with Crippen LogP contribution in [0.4, 0.5) is 13.2 Å². The number of alkyl halides is 8. The fourth-order valence-corrected chi connectivity index (χ4v) is 0.913. The summed E-state index contributed by atoms with van der Waals surface area (Å²) >= 11 is 26.5. The largest absolute Gasteiger partial charge is 0.389 e. The van der Waals surface area contributed by atoms with E-state index in [4.69, 9.17) is 58.0 Å². The summed E-state index contributed by atoms with van der Waals surface area (Å²) in [5, 5.41) is 0. The first kappa shape index (κ1) is 14.2. The van der Waals surface area contributed by atoms with Crippen molar-refractivity contribution in [2.24, 2.45) is 0 Å². The zero-order valence-corrected chi connectivity index (χ0v) is 9.72. The first-order valence-corrected chi connectivity index (χ1v) is 4.86. The molecule has 0 N–H and O–H groups in total. The van der Waals surface area contributed by atoms with Crippen molar-refractivity contribution in [3.05, 3.63) is 0 Å². The normalized spacial score (nSPS) is 14.8. The van der Waals surface area contributed by atoms with Crippen LogP contribution in [-0.2, 0) is 0 Å². The Morgan fingerprint density at radius 2 is 1.15 bits per heavy atom. The lowest BCUT2D eigenvalue weighted by Gasteiger charge is -2.27. The van der Waals surface area contributed by atoms with Gasteiger partial charge in [0, 0.05) is 6.42 Å². The fourth-order valence-electron chi connectivity index (χ4n) is 0.440. The van der Waals surface area contributed by atoms with Crippen LogP contribution in [0.25, 0.3) is 0 Å². The van der Waals surface area contributed by atoms with Crippen molar-refractivity contribution >= 4 is 58.0 Å². The van der Waals surface area contributed by atoms with Gasteiger partial charge in [0.05, 0.1) is 0 Å². The summed E-state index contributed by atoms with van der Waals surface area (Å²) in [6.07, 6.45) is -6.24. The van der Waals surface area contributed by atoms with Crippen molar-refractivity contribution in [1.82, 2.24) is 0 Å². The monoisotopic (exact) mass is 296 g/mol. The fraction of sp³-hybridized carbons (Fsp3) is 1.00. The van der Waals surface area contributed by atoms with E-state index in [1.165, 1.54) is 0 Å².